The number of sulfone groups is 1. The van der Waals surface area contributed by atoms with E-state index < -0.39 is 9.84 Å². The highest BCUT2D eigenvalue weighted by atomic mass is 32.2. The number of aryl methyl sites for hydroxylation is 2. The van der Waals surface area contributed by atoms with Crippen LogP contribution in [0, 0.1) is 13.8 Å². The van der Waals surface area contributed by atoms with Gasteiger partial charge in [0.05, 0.1) is 11.5 Å². The first-order valence-corrected chi connectivity index (χ1v) is 10.9. The first-order valence-electron chi connectivity index (χ1n) is 9.07. The molecule has 0 radical (unpaired) electrons. The molecule has 0 saturated carbocycles. The summed E-state index contributed by atoms with van der Waals surface area (Å²) in [6.07, 6.45) is 0.477. The number of hydrogen-bond acceptors (Lipinski definition) is 4. The van der Waals surface area contributed by atoms with Crippen molar-refractivity contribution in [3.05, 3.63) is 65.2 Å². The molecular weight excluding hydrogens is 362 g/mol. The number of amides is 1. The van der Waals surface area contributed by atoms with Crippen LogP contribution in [-0.2, 0) is 21.2 Å². The van der Waals surface area contributed by atoms with Gasteiger partial charge in [-0.2, -0.15) is 0 Å². The molecule has 6 heteroatoms. The maximum atomic E-state index is 12.9. The highest BCUT2D eigenvalue weighted by Gasteiger charge is 2.34. The fourth-order valence-corrected chi connectivity index (χ4v) is 5.00. The maximum Gasteiger partial charge on any atom is 0.261 e. The van der Waals surface area contributed by atoms with Gasteiger partial charge in [-0.05, 0) is 43.5 Å². The molecule has 27 heavy (non-hydrogen) atoms. The molecule has 0 spiro atoms. The van der Waals surface area contributed by atoms with Gasteiger partial charge in [-0.15, -0.1) is 0 Å². The Bertz CT molecular complexity index is 906. The van der Waals surface area contributed by atoms with Gasteiger partial charge in [-0.3, -0.25) is 4.79 Å². The van der Waals surface area contributed by atoms with Crippen molar-refractivity contribution in [3.63, 3.8) is 0 Å². The zero-order chi connectivity index (χ0) is 19.4. The number of benzene rings is 2. The normalized spacial score (nSPS) is 18.2. The molecule has 1 aliphatic heterocycles. The van der Waals surface area contributed by atoms with Gasteiger partial charge in [0.25, 0.3) is 5.91 Å². The number of nitrogens with zero attached hydrogens (tertiary/aromatic N) is 1. The van der Waals surface area contributed by atoms with Gasteiger partial charge >= 0.3 is 0 Å². The fourth-order valence-electron chi connectivity index (χ4n) is 3.27. The molecule has 1 heterocycles. The van der Waals surface area contributed by atoms with E-state index in [0.717, 1.165) is 16.7 Å². The predicted molar refractivity (Wildman–Crippen MR) is 105 cm³/mol. The van der Waals surface area contributed by atoms with E-state index in [1.807, 2.05) is 62.4 Å². The summed E-state index contributed by atoms with van der Waals surface area (Å²) in [6.45, 7) is 4.25. The van der Waals surface area contributed by atoms with Gasteiger partial charge in [0.1, 0.15) is 5.75 Å². The molecule has 144 valence electrons. The van der Waals surface area contributed by atoms with Gasteiger partial charge in [0.15, 0.2) is 16.4 Å². The molecule has 1 amide bonds. The highest BCUT2D eigenvalue weighted by Crippen LogP contribution is 2.21. The summed E-state index contributed by atoms with van der Waals surface area (Å²) in [5.74, 6) is 0.597. The third-order valence-electron chi connectivity index (χ3n) is 4.79. The van der Waals surface area contributed by atoms with Crippen molar-refractivity contribution >= 4 is 15.7 Å². The molecule has 0 unspecified atom stereocenters. The Morgan fingerprint density at radius 1 is 1.11 bits per heavy atom. The fraction of sp³-hybridized carbons (Fsp3) is 0.381. The van der Waals surface area contributed by atoms with E-state index >= 15 is 0 Å². The van der Waals surface area contributed by atoms with Gasteiger partial charge in [0, 0.05) is 12.6 Å². The minimum atomic E-state index is -3.08. The molecule has 0 N–H and O–H groups in total. The lowest BCUT2D eigenvalue weighted by Crippen LogP contribution is -2.43. The molecule has 1 fully saturated rings. The minimum absolute atomic E-state index is 0.0229. The van der Waals surface area contributed by atoms with Crippen LogP contribution in [-0.4, -0.2) is 43.4 Å². The van der Waals surface area contributed by atoms with Gasteiger partial charge in [-0.1, -0.05) is 42.0 Å². The second kappa shape index (κ2) is 8.13. The summed E-state index contributed by atoms with van der Waals surface area (Å²) in [4.78, 5) is 14.5. The van der Waals surface area contributed by atoms with Gasteiger partial charge < -0.3 is 9.64 Å². The lowest BCUT2D eigenvalue weighted by atomic mass is 10.1. The summed E-state index contributed by atoms with van der Waals surface area (Å²) < 4.78 is 29.5. The SMILES string of the molecule is Cc1ccc(CN(C(=O)COc2cccc(C)c2)[C@@H]2CCS(=O)(=O)C2)cc1. The lowest BCUT2D eigenvalue weighted by Gasteiger charge is -2.28. The van der Waals surface area contributed by atoms with Crippen LogP contribution in [0.3, 0.4) is 0 Å². The largest absolute Gasteiger partial charge is 0.484 e. The third-order valence-corrected chi connectivity index (χ3v) is 6.55. The minimum Gasteiger partial charge on any atom is -0.484 e. The van der Waals surface area contributed by atoms with Crippen molar-refractivity contribution in [2.45, 2.75) is 32.9 Å². The number of carbonyl (C=O) groups is 1. The standard InChI is InChI=1S/C21H25NO4S/c1-16-6-8-18(9-7-16)13-22(19-10-11-27(24,25)15-19)21(23)14-26-20-5-3-4-17(2)12-20/h3-9,12,19H,10-11,13-15H2,1-2H3/t19-/m1/s1. The van der Waals surface area contributed by atoms with Crippen molar-refractivity contribution in [2.24, 2.45) is 0 Å². The molecule has 0 aromatic heterocycles. The summed E-state index contributed by atoms with van der Waals surface area (Å²) in [5.41, 5.74) is 3.18. The zero-order valence-electron chi connectivity index (χ0n) is 15.7. The Balaban J connectivity index is 1.73. The van der Waals surface area contributed by atoms with Crippen LogP contribution < -0.4 is 4.74 Å². The molecule has 0 bridgehead atoms. The number of rotatable bonds is 6. The smallest absolute Gasteiger partial charge is 0.261 e. The van der Waals surface area contributed by atoms with Crippen LogP contribution in [0.5, 0.6) is 5.75 Å². The molecule has 1 saturated heterocycles. The van der Waals surface area contributed by atoms with Crippen LogP contribution in [0.15, 0.2) is 48.5 Å². The van der Waals surface area contributed by atoms with E-state index in [2.05, 4.69) is 0 Å². The van der Waals surface area contributed by atoms with Crippen LogP contribution in [0.4, 0.5) is 0 Å². The zero-order valence-corrected chi connectivity index (χ0v) is 16.5. The van der Waals surface area contributed by atoms with Gasteiger partial charge in [0.2, 0.25) is 0 Å². The van der Waals surface area contributed by atoms with Crippen LogP contribution in [0.1, 0.15) is 23.1 Å². The highest BCUT2D eigenvalue weighted by molar-refractivity contribution is 7.91. The topological polar surface area (TPSA) is 63.7 Å². The molecule has 2 aromatic carbocycles. The van der Waals surface area contributed by atoms with E-state index in [9.17, 15) is 13.2 Å². The summed E-state index contributed by atoms with van der Waals surface area (Å²) in [7, 11) is -3.08. The molecule has 3 rings (SSSR count). The molecule has 0 aliphatic carbocycles. The quantitative estimate of drug-likeness (QED) is 0.765. The monoisotopic (exact) mass is 387 g/mol. The van der Waals surface area contributed by atoms with Crippen molar-refractivity contribution in [1.82, 2.24) is 4.90 Å². The molecule has 1 aliphatic rings. The van der Waals surface area contributed by atoms with Crippen LogP contribution >= 0.6 is 0 Å². The number of carbonyl (C=O) groups excluding carboxylic acids is 1. The summed E-state index contributed by atoms with van der Waals surface area (Å²) in [5, 5.41) is 0. The molecule has 1 atom stereocenters. The summed E-state index contributed by atoms with van der Waals surface area (Å²) >= 11 is 0. The number of hydrogen-bond donors (Lipinski definition) is 0. The van der Waals surface area contributed by atoms with E-state index in [-0.39, 0.29) is 30.1 Å². The predicted octanol–water partition coefficient (Wildman–Crippen LogP) is 2.90. The maximum absolute atomic E-state index is 12.9. The Morgan fingerprint density at radius 3 is 2.48 bits per heavy atom. The Labute approximate surface area is 160 Å². The summed E-state index contributed by atoms with van der Waals surface area (Å²) in [6, 6.07) is 15.2. The molecule has 2 aromatic rings. The van der Waals surface area contributed by atoms with E-state index in [1.54, 1.807) is 4.90 Å². The van der Waals surface area contributed by atoms with Gasteiger partial charge in [-0.25, -0.2) is 8.42 Å². The first kappa shape index (κ1) is 19.4. The van der Waals surface area contributed by atoms with E-state index in [1.165, 1.54) is 0 Å². The van der Waals surface area contributed by atoms with Crippen molar-refractivity contribution < 1.29 is 17.9 Å². The second-order valence-corrected chi connectivity index (χ2v) is 9.40. The van der Waals surface area contributed by atoms with E-state index in [0.29, 0.717) is 18.7 Å². The lowest BCUT2D eigenvalue weighted by molar-refractivity contribution is -0.136. The van der Waals surface area contributed by atoms with Crippen molar-refractivity contribution in [1.29, 1.82) is 0 Å². The molecular formula is C21H25NO4S. The third kappa shape index (κ3) is 5.32. The Kier molecular flexibility index (Phi) is 5.85. The second-order valence-electron chi connectivity index (χ2n) is 7.17. The van der Waals surface area contributed by atoms with Crippen molar-refractivity contribution in [3.8, 4) is 5.75 Å². The first-order chi connectivity index (χ1) is 12.8. The average molecular weight is 388 g/mol. The average Bonchev–Trinajstić information content (AvgIpc) is 2.99. The van der Waals surface area contributed by atoms with E-state index in [4.69, 9.17) is 4.74 Å². The van der Waals surface area contributed by atoms with Crippen LogP contribution in [0.25, 0.3) is 0 Å². The van der Waals surface area contributed by atoms with Crippen molar-refractivity contribution in [2.75, 3.05) is 18.1 Å². The Morgan fingerprint density at radius 2 is 1.85 bits per heavy atom. The number of ether oxygens (including phenoxy) is 1. The molecule has 5 nitrogen and oxygen atoms in total. The van der Waals surface area contributed by atoms with Crippen LogP contribution in [0.2, 0.25) is 0 Å². The Hall–Kier alpha value is -2.34.